The van der Waals surface area contributed by atoms with Crippen LogP contribution in [0.15, 0.2) is 0 Å². The number of piperidine rings is 1. The van der Waals surface area contributed by atoms with E-state index in [9.17, 15) is 0 Å². The molecule has 1 fully saturated rings. The van der Waals surface area contributed by atoms with Crippen molar-refractivity contribution in [1.82, 2.24) is 9.80 Å². The quantitative estimate of drug-likeness (QED) is 0.715. The van der Waals surface area contributed by atoms with Crippen LogP contribution in [-0.2, 0) is 0 Å². The second-order valence-corrected chi connectivity index (χ2v) is 5.08. The molecule has 0 aliphatic carbocycles. The third-order valence-electron chi connectivity index (χ3n) is 2.99. The van der Waals surface area contributed by atoms with Crippen LogP contribution in [-0.4, -0.2) is 54.6 Å². The summed E-state index contributed by atoms with van der Waals surface area (Å²) >= 11 is 5.12. The highest BCUT2D eigenvalue weighted by atomic mass is 32.1. The van der Waals surface area contributed by atoms with Crippen LogP contribution < -0.4 is 5.73 Å². The fourth-order valence-electron chi connectivity index (χ4n) is 2.17. The lowest BCUT2D eigenvalue weighted by atomic mass is 10.0. The summed E-state index contributed by atoms with van der Waals surface area (Å²) in [4.78, 5) is 5.36. The van der Waals surface area contributed by atoms with E-state index in [0.29, 0.717) is 11.0 Å². The fraction of sp³-hybridized carbons (Fsp3) is 0.909. The van der Waals surface area contributed by atoms with Crippen LogP contribution in [0.1, 0.15) is 25.7 Å². The van der Waals surface area contributed by atoms with E-state index >= 15 is 0 Å². The van der Waals surface area contributed by atoms with Gasteiger partial charge in [0.15, 0.2) is 0 Å². The summed E-state index contributed by atoms with van der Waals surface area (Å²) in [5, 5.41) is 0. The maximum atomic E-state index is 5.77. The molecule has 0 aromatic carbocycles. The van der Waals surface area contributed by atoms with Crippen molar-refractivity contribution in [2.24, 2.45) is 5.73 Å². The van der Waals surface area contributed by atoms with E-state index in [0.717, 1.165) is 26.1 Å². The number of likely N-dealkylation sites (tertiary alicyclic amines) is 1. The summed E-state index contributed by atoms with van der Waals surface area (Å²) in [6, 6.07) is 0.357. The second-order valence-electron chi connectivity index (χ2n) is 4.61. The van der Waals surface area contributed by atoms with Crippen molar-refractivity contribution < 1.29 is 0 Å². The van der Waals surface area contributed by atoms with Crippen molar-refractivity contribution in [1.29, 1.82) is 0 Å². The minimum atomic E-state index is 0.357. The van der Waals surface area contributed by atoms with Gasteiger partial charge in [-0.15, -0.1) is 0 Å². The number of nitrogens with zero attached hydrogens (tertiary/aromatic N) is 2. The van der Waals surface area contributed by atoms with Crippen molar-refractivity contribution in [2.45, 2.75) is 31.7 Å². The summed E-state index contributed by atoms with van der Waals surface area (Å²) in [7, 11) is 4.22. The molecule has 15 heavy (non-hydrogen) atoms. The van der Waals surface area contributed by atoms with Crippen molar-refractivity contribution in [3.05, 3.63) is 0 Å². The van der Waals surface area contributed by atoms with Crippen LogP contribution in [0.3, 0.4) is 0 Å². The van der Waals surface area contributed by atoms with E-state index in [1.165, 1.54) is 19.3 Å². The molecule has 4 heteroatoms. The van der Waals surface area contributed by atoms with Gasteiger partial charge in [0.05, 0.1) is 11.0 Å². The highest BCUT2D eigenvalue weighted by Gasteiger charge is 2.23. The van der Waals surface area contributed by atoms with E-state index in [1.807, 2.05) is 0 Å². The van der Waals surface area contributed by atoms with Gasteiger partial charge in [0.1, 0.15) is 0 Å². The SMILES string of the molecule is CN(C)CCCN1CCCCC1C(N)=S. The number of nitrogens with two attached hydrogens (primary N) is 1. The molecule has 88 valence electrons. The van der Waals surface area contributed by atoms with Crippen LogP contribution in [0, 0.1) is 0 Å². The largest absolute Gasteiger partial charge is 0.392 e. The average Bonchev–Trinajstić information content (AvgIpc) is 2.17. The molecule has 0 aromatic heterocycles. The van der Waals surface area contributed by atoms with Gasteiger partial charge in [-0.1, -0.05) is 18.6 Å². The van der Waals surface area contributed by atoms with Crippen molar-refractivity contribution >= 4 is 17.2 Å². The topological polar surface area (TPSA) is 32.5 Å². The Morgan fingerprint density at radius 1 is 1.47 bits per heavy atom. The highest BCUT2D eigenvalue weighted by Crippen LogP contribution is 2.17. The third-order valence-corrected chi connectivity index (χ3v) is 3.26. The molecule has 0 saturated carbocycles. The molecule has 0 bridgehead atoms. The Labute approximate surface area is 98.6 Å². The number of hydrogen-bond donors (Lipinski definition) is 1. The van der Waals surface area contributed by atoms with Crippen LogP contribution in [0.2, 0.25) is 0 Å². The normalized spacial score (nSPS) is 23.3. The molecular weight excluding hydrogens is 206 g/mol. The third kappa shape index (κ3) is 4.45. The van der Waals surface area contributed by atoms with Gasteiger partial charge >= 0.3 is 0 Å². The van der Waals surface area contributed by atoms with E-state index in [4.69, 9.17) is 18.0 Å². The lowest BCUT2D eigenvalue weighted by molar-refractivity contribution is 0.184. The number of thiocarbonyl (C=S) groups is 1. The van der Waals surface area contributed by atoms with Gasteiger partial charge in [-0.3, -0.25) is 4.90 Å². The van der Waals surface area contributed by atoms with E-state index in [2.05, 4.69) is 23.9 Å². The predicted octanol–water partition coefficient (Wildman–Crippen LogP) is 1.08. The molecule has 1 rings (SSSR count). The number of hydrogen-bond acceptors (Lipinski definition) is 3. The van der Waals surface area contributed by atoms with Crippen molar-refractivity contribution in [3.63, 3.8) is 0 Å². The van der Waals surface area contributed by atoms with E-state index < -0.39 is 0 Å². The Bertz CT molecular complexity index is 206. The van der Waals surface area contributed by atoms with Gasteiger partial charge in [-0.05, 0) is 46.4 Å². The van der Waals surface area contributed by atoms with Crippen LogP contribution in [0.5, 0.6) is 0 Å². The minimum Gasteiger partial charge on any atom is -0.392 e. The van der Waals surface area contributed by atoms with Crippen LogP contribution in [0.25, 0.3) is 0 Å². The molecule has 1 atom stereocenters. The molecule has 1 heterocycles. The smallest absolute Gasteiger partial charge is 0.0902 e. The Hall–Kier alpha value is -0.190. The van der Waals surface area contributed by atoms with Crippen LogP contribution >= 0.6 is 12.2 Å². The Kier molecular flexibility index (Phi) is 5.50. The Morgan fingerprint density at radius 2 is 2.20 bits per heavy atom. The molecule has 3 nitrogen and oxygen atoms in total. The predicted molar refractivity (Wildman–Crippen MR) is 69.2 cm³/mol. The molecule has 1 unspecified atom stereocenters. The zero-order valence-corrected chi connectivity index (χ0v) is 10.7. The average molecular weight is 229 g/mol. The number of rotatable bonds is 5. The van der Waals surface area contributed by atoms with Gasteiger partial charge in [0.2, 0.25) is 0 Å². The molecule has 1 saturated heterocycles. The lowest BCUT2D eigenvalue weighted by Crippen LogP contribution is -2.47. The lowest BCUT2D eigenvalue weighted by Gasteiger charge is -2.35. The van der Waals surface area contributed by atoms with Gasteiger partial charge in [0.25, 0.3) is 0 Å². The Balaban J connectivity index is 2.33. The van der Waals surface area contributed by atoms with Gasteiger partial charge in [-0.25, -0.2) is 0 Å². The standard InChI is InChI=1S/C11H23N3S/c1-13(2)7-5-9-14-8-4-3-6-10(14)11(12)15/h10H,3-9H2,1-2H3,(H2,12,15). The molecule has 1 aliphatic heterocycles. The summed E-state index contributed by atoms with van der Waals surface area (Å²) in [5.74, 6) is 0. The van der Waals surface area contributed by atoms with Crippen molar-refractivity contribution in [2.75, 3.05) is 33.7 Å². The highest BCUT2D eigenvalue weighted by molar-refractivity contribution is 7.80. The summed E-state index contributed by atoms with van der Waals surface area (Å²) in [6.45, 7) is 3.43. The summed E-state index contributed by atoms with van der Waals surface area (Å²) < 4.78 is 0. The van der Waals surface area contributed by atoms with Gasteiger partial charge < -0.3 is 10.6 Å². The monoisotopic (exact) mass is 229 g/mol. The first-order valence-corrected chi connectivity index (χ1v) is 6.20. The molecule has 0 spiro atoms. The first kappa shape index (κ1) is 12.9. The molecule has 0 radical (unpaired) electrons. The zero-order chi connectivity index (χ0) is 11.3. The van der Waals surface area contributed by atoms with Crippen LogP contribution in [0.4, 0.5) is 0 Å². The first-order chi connectivity index (χ1) is 7.11. The molecule has 0 aromatic rings. The minimum absolute atomic E-state index is 0.357. The summed E-state index contributed by atoms with van der Waals surface area (Å²) in [6.07, 6.45) is 4.91. The van der Waals surface area contributed by atoms with Gasteiger partial charge in [-0.2, -0.15) is 0 Å². The molecule has 0 amide bonds. The Morgan fingerprint density at radius 3 is 2.80 bits per heavy atom. The zero-order valence-electron chi connectivity index (χ0n) is 9.91. The van der Waals surface area contributed by atoms with Gasteiger partial charge in [0, 0.05) is 6.54 Å². The first-order valence-electron chi connectivity index (χ1n) is 5.79. The maximum absolute atomic E-state index is 5.77. The second kappa shape index (κ2) is 6.40. The maximum Gasteiger partial charge on any atom is 0.0902 e. The van der Waals surface area contributed by atoms with E-state index in [-0.39, 0.29) is 0 Å². The fourth-order valence-corrected chi connectivity index (χ4v) is 2.44. The molecule has 1 aliphatic rings. The molecular formula is C11H23N3S. The summed E-state index contributed by atoms with van der Waals surface area (Å²) in [5.41, 5.74) is 5.77. The molecule has 2 N–H and O–H groups in total. The van der Waals surface area contributed by atoms with E-state index in [1.54, 1.807) is 0 Å². The van der Waals surface area contributed by atoms with Crippen molar-refractivity contribution in [3.8, 4) is 0 Å².